The van der Waals surface area contributed by atoms with Crippen molar-refractivity contribution in [1.82, 2.24) is 0 Å². The highest BCUT2D eigenvalue weighted by Crippen LogP contribution is 2.31. The number of halogens is 3. The number of aliphatic hydroxyl groups is 1. The SMILES string of the molecule is CCc1ccc(C(O)C(=O)O)c(OC(F)(F)F)c1. The van der Waals surface area contributed by atoms with Gasteiger partial charge in [0.1, 0.15) is 5.75 Å². The van der Waals surface area contributed by atoms with E-state index in [9.17, 15) is 23.1 Å². The summed E-state index contributed by atoms with van der Waals surface area (Å²) in [6.07, 6.45) is -6.55. The first kappa shape index (κ1) is 14.3. The molecule has 1 unspecified atom stereocenters. The third kappa shape index (κ3) is 3.63. The highest BCUT2D eigenvalue weighted by molar-refractivity contribution is 5.75. The Kier molecular flexibility index (Phi) is 4.18. The van der Waals surface area contributed by atoms with E-state index in [0.29, 0.717) is 12.0 Å². The number of benzene rings is 1. The van der Waals surface area contributed by atoms with Crippen LogP contribution in [0.3, 0.4) is 0 Å². The van der Waals surface area contributed by atoms with Crippen molar-refractivity contribution in [1.29, 1.82) is 0 Å². The third-order valence-corrected chi connectivity index (χ3v) is 2.24. The van der Waals surface area contributed by atoms with Gasteiger partial charge in [-0.25, -0.2) is 4.79 Å². The molecule has 1 aromatic rings. The van der Waals surface area contributed by atoms with Gasteiger partial charge in [0.2, 0.25) is 0 Å². The number of aliphatic hydroxyl groups excluding tert-OH is 1. The van der Waals surface area contributed by atoms with Gasteiger partial charge in [-0.2, -0.15) is 0 Å². The summed E-state index contributed by atoms with van der Waals surface area (Å²) in [6.45, 7) is 1.72. The van der Waals surface area contributed by atoms with E-state index in [1.165, 1.54) is 6.07 Å². The smallest absolute Gasteiger partial charge is 0.479 e. The molecule has 100 valence electrons. The van der Waals surface area contributed by atoms with E-state index in [1.807, 2.05) is 0 Å². The number of aliphatic carboxylic acids is 1. The van der Waals surface area contributed by atoms with Crippen LogP contribution in [-0.2, 0) is 11.2 Å². The topological polar surface area (TPSA) is 66.8 Å². The molecule has 0 aromatic heterocycles. The zero-order valence-corrected chi connectivity index (χ0v) is 9.36. The Morgan fingerprint density at radius 1 is 1.44 bits per heavy atom. The number of aryl methyl sites for hydroxylation is 1. The molecule has 1 atom stereocenters. The van der Waals surface area contributed by atoms with Crippen molar-refractivity contribution in [2.24, 2.45) is 0 Å². The summed E-state index contributed by atoms with van der Waals surface area (Å²) in [5.41, 5.74) is 0.104. The maximum Gasteiger partial charge on any atom is 0.573 e. The van der Waals surface area contributed by atoms with E-state index in [-0.39, 0.29) is 0 Å². The fourth-order valence-electron chi connectivity index (χ4n) is 1.37. The van der Waals surface area contributed by atoms with Crippen molar-refractivity contribution in [3.8, 4) is 5.75 Å². The van der Waals surface area contributed by atoms with Gasteiger partial charge in [-0.1, -0.05) is 19.1 Å². The predicted octanol–water partition coefficient (Wildman–Crippen LogP) is 2.27. The van der Waals surface area contributed by atoms with Gasteiger partial charge < -0.3 is 14.9 Å². The summed E-state index contributed by atoms with van der Waals surface area (Å²) in [6, 6.07) is 3.61. The van der Waals surface area contributed by atoms with Crippen LogP contribution in [0.1, 0.15) is 24.2 Å². The Morgan fingerprint density at radius 2 is 2.06 bits per heavy atom. The number of alkyl halides is 3. The lowest BCUT2D eigenvalue weighted by atomic mass is 10.0. The Hall–Kier alpha value is -1.76. The van der Waals surface area contributed by atoms with Crippen LogP contribution in [0.25, 0.3) is 0 Å². The molecular formula is C11H11F3O4. The molecule has 1 aromatic carbocycles. The fraction of sp³-hybridized carbons (Fsp3) is 0.364. The summed E-state index contributed by atoms with van der Waals surface area (Å²) < 4.78 is 40.2. The van der Waals surface area contributed by atoms with Crippen LogP contribution in [0.15, 0.2) is 18.2 Å². The van der Waals surface area contributed by atoms with Crippen molar-refractivity contribution in [2.75, 3.05) is 0 Å². The minimum atomic E-state index is -4.95. The minimum absolute atomic E-state index is 0.433. The highest BCUT2D eigenvalue weighted by atomic mass is 19.4. The van der Waals surface area contributed by atoms with Gasteiger partial charge >= 0.3 is 12.3 Å². The van der Waals surface area contributed by atoms with Crippen molar-refractivity contribution in [3.63, 3.8) is 0 Å². The average Bonchev–Trinajstić information content (AvgIpc) is 2.25. The molecule has 0 aliphatic carbocycles. The summed E-state index contributed by atoms with van der Waals surface area (Å²) in [7, 11) is 0. The first-order valence-corrected chi connectivity index (χ1v) is 5.04. The fourth-order valence-corrected chi connectivity index (χ4v) is 1.37. The molecule has 0 aliphatic heterocycles. The molecule has 0 fully saturated rings. The van der Waals surface area contributed by atoms with Gasteiger partial charge in [0.05, 0.1) is 0 Å². The van der Waals surface area contributed by atoms with Gasteiger partial charge in [-0.3, -0.25) is 0 Å². The van der Waals surface area contributed by atoms with E-state index in [4.69, 9.17) is 5.11 Å². The molecule has 0 spiro atoms. The maximum atomic E-state index is 12.2. The second-order valence-electron chi connectivity index (χ2n) is 3.51. The molecule has 0 saturated heterocycles. The van der Waals surface area contributed by atoms with Crippen LogP contribution < -0.4 is 4.74 Å². The zero-order valence-electron chi connectivity index (χ0n) is 9.36. The van der Waals surface area contributed by atoms with E-state index in [1.54, 1.807) is 6.92 Å². The summed E-state index contributed by atoms with van der Waals surface area (Å²) in [5, 5.41) is 17.9. The number of ether oxygens (including phenoxy) is 1. The summed E-state index contributed by atoms with van der Waals surface area (Å²) in [5.74, 6) is -2.34. The standard InChI is InChI=1S/C11H11F3O4/c1-2-6-3-4-7(9(15)10(16)17)8(5-6)18-11(12,13)14/h3-5,9,15H,2H2,1H3,(H,16,17). The molecule has 0 aliphatic rings. The number of hydrogen-bond acceptors (Lipinski definition) is 3. The first-order valence-electron chi connectivity index (χ1n) is 5.04. The van der Waals surface area contributed by atoms with E-state index < -0.39 is 29.7 Å². The molecule has 4 nitrogen and oxygen atoms in total. The van der Waals surface area contributed by atoms with Crippen LogP contribution in [0.2, 0.25) is 0 Å². The van der Waals surface area contributed by atoms with Crippen LogP contribution in [0.4, 0.5) is 13.2 Å². The maximum absolute atomic E-state index is 12.2. The molecule has 0 saturated carbocycles. The lowest BCUT2D eigenvalue weighted by Gasteiger charge is -2.16. The lowest BCUT2D eigenvalue weighted by molar-refractivity contribution is -0.275. The predicted molar refractivity (Wildman–Crippen MR) is 55.1 cm³/mol. The Labute approximate surface area is 101 Å². The minimum Gasteiger partial charge on any atom is -0.479 e. The summed E-state index contributed by atoms with van der Waals surface area (Å²) >= 11 is 0. The number of carboxylic acid groups (broad SMARTS) is 1. The number of carboxylic acids is 1. The quantitative estimate of drug-likeness (QED) is 0.875. The van der Waals surface area contributed by atoms with Gasteiger partial charge in [-0.15, -0.1) is 13.2 Å². The Bertz CT molecular complexity index is 442. The van der Waals surface area contributed by atoms with E-state index in [2.05, 4.69) is 4.74 Å². The summed E-state index contributed by atoms with van der Waals surface area (Å²) in [4.78, 5) is 10.6. The highest BCUT2D eigenvalue weighted by Gasteiger charge is 2.33. The first-order chi connectivity index (χ1) is 8.24. The zero-order chi connectivity index (χ0) is 13.9. The van der Waals surface area contributed by atoms with Crippen LogP contribution in [0, 0.1) is 0 Å². The second-order valence-corrected chi connectivity index (χ2v) is 3.51. The average molecular weight is 264 g/mol. The van der Waals surface area contributed by atoms with Gasteiger partial charge in [-0.05, 0) is 18.1 Å². The van der Waals surface area contributed by atoms with E-state index >= 15 is 0 Å². The number of rotatable bonds is 4. The van der Waals surface area contributed by atoms with Gasteiger partial charge in [0.15, 0.2) is 6.10 Å². The lowest BCUT2D eigenvalue weighted by Crippen LogP contribution is -2.20. The van der Waals surface area contributed by atoms with Crippen molar-refractivity contribution < 1.29 is 32.9 Å². The molecular weight excluding hydrogens is 253 g/mol. The molecule has 0 radical (unpaired) electrons. The van der Waals surface area contributed by atoms with E-state index in [0.717, 1.165) is 12.1 Å². The molecule has 0 bridgehead atoms. The second kappa shape index (κ2) is 5.26. The molecule has 1 rings (SSSR count). The third-order valence-electron chi connectivity index (χ3n) is 2.24. The molecule has 0 heterocycles. The Morgan fingerprint density at radius 3 is 2.50 bits per heavy atom. The van der Waals surface area contributed by atoms with Crippen molar-refractivity contribution in [3.05, 3.63) is 29.3 Å². The largest absolute Gasteiger partial charge is 0.573 e. The number of carbonyl (C=O) groups is 1. The van der Waals surface area contributed by atoms with Gasteiger partial charge in [0, 0.05) is 5.56 Å². The monoisotopic (exact) mass is 264 g/mol. The molecule has 7 heteroatoms. The molecule has 18 heavy (non-hydrogen) atoms. The normalized spacial score (nSPS) is 13.2. The van der Waals surface area contributed by atoms with Crippen LogP contribution in [0.5, 0.6) is 5.75 Å². The Balaban J connectivity index is 3.20. The van der Waals surface area contributed by atoms with Crippen molar-refractivity contribution >= 4 is 5.97 Å². The van der Waals surface area contributed by atoms with Crippen molar-refractivity contribution in [2.45, 2.75) is 25.8 Å². The van der Waals surface area contributed by atoms with Crippen LogP contribution >= 0.6 is 0 Å². The van der Waals surface area contributed by atoms with Crippen LogP contribution in [-0.4, -0.2) is 22.5 Å². The molecule has 0 amide bonds. The van der Waals surface area contributed by atoms with Gasteiger partial charge in [0.25, 0.3) is 0 Å². The number of hydrogen-bond donors (Lipinski definition) is 2. The molecule has 2 N–H and O–H groups in total.